The zero-order chi connectivity index (χ0) is 17.0. The van der Waals surface area contributed by atoms with Crippen molar-refractivity contribution in [2.24, 2.45) is 0 Å². The summed E-state index contributed by atoms with van der Waals surface area (Å²) in [4.78, 5) is 12.2. The standard InChI is InChI=1S/C17H18BrNO3S/c1-12-3-7-15(8-4-12)23(21,22)10-9-17(20)19-14-6-5-13(2)16(18)11-14/h3-8,11H,9-10H2,1-2H3,(H,19,20). The van der Waals surface area contributed by atoms with E-state index in [-0.39, 0.29) is 23.0 Å². The van der Waals surface area contributed by atoms with Crippen LogP contribution in [-0.4, -0.2) is 20.1 Å². The largest absolute Gasteiger partial charge is 0.326 e. The lowest BCUT2D eigenvalue weighted by molar-refractivity contribution is -0.115. The molecule has 0 unspecified atom stereocenters. The Balaban J connectivity index is 1.98. The number of carbonyl (C=O) groups is 1. The number of anilines is 1. The topological polar surface area (TPSA) is 63.2 Å². The van der Waals surface area contributed by atoms with Gasteiger partial charge in [-0.15, -0.1) is 0 Å². The summed E-state index contributed by atoms with van der Waals surface area (Å²) in [6, 6.07) is 12.1. The van der Waals surface area contributed by atoms with Gasteiger partial charge in [-0.25, -0.2) is 8.42 Å². The van der Waals surface area contributed by atoms with Gasteiger partial charge in [0.15, 0.2) is 9.84 Å². The van der Waals surface area contributed by atoms with Gasteiger partial charge in [0.25, 0.3) is 0 Å². The van der Waals surface area contributed by atoms with E-state index in [1.807, 2.05) is 19.9 Å². The molecule has 4 nitrogen and oxygen atoms in total. The lowest BCUT2D eigenvalue weighted by Crippen LogP contribution is -2.17. The highest BCUT2D eigenvalue weighted by molar-refractivity contribution is 9.10. The molecule has 0 atom stereocenters. The molecule has 0 aliphatic heterocycles. The highest BCUT2D eigenvalue weighted by Crippen LogP contribution is 2.21. The summed E-state index contributed by atoms with van der Waals surface area (Å²) in [5, 5.41) is 2.71. The van der Waals surface area contributed by atoms with Crippen LogP contribution in [0, 0.1) is 13.8 Å². The molecule has 2 rings (SSSR count). The second kappa shape index (κ2) is 7.27. The number of carbonyl (C=O) groups excluding carboxylic acids is 1. The van der Waals surface area contributed by atoms with Crippen molar-refractivity contribution in [2.75, 3.05) is 11.1 Å². The number of benzene rings is 2. The van der Waals surface area contributed by atoms with E-state index in [4.69, 9.17) is 0 Å². The van der Waals surface area contributed by atoms with Crippen molar-refractivity contribution in [1.29, 1.82) is 0 Å². The number of amides is 1. The molecule has 0 aliphatic rings. The molecule has 6 heteroatoms. The van der Waals surface area contributed by atoms with Crippen molar-refractivity contribution in [3.8, 4) is 0 Å². The Bertz CT molecular complexity index is 814. The number of nitrogens with one attached hydrogen (secondary N) is 1. The smallest absolute Gasteiger partial charge is 0.225 e. The molecule has 0 aromatic heterocycles. The molecular formula is C17H18BrNO3S. The maximum Gasteiger partial charge on any atom is 0.225 e. The van der Waals surface area contributed by atoms with Gasteiger partial charge in [0.1, 0.15) is 0 Å². The van der Waals surface area contributed by atoms with Crippen LogP contribution in [0.25, 0.3) is 0 Å². The van der Waals surface area contributed by atoms with E-state index in [1.54, 1.807) is 36.4 Å². The second-order valence-electron chi connectivity index (χ2n) is 5.39. The Morgan fingerprint density at radius 3 is 2.35 bits per heavy atom. The van der Waals surface area contributed by atoms with Crippen molar-refractivity contribution in [1.82, 2.24) is 0 Å². The average molecular weight is 396 g/mol. The van der Waals surface area contributed by atoms with E-state index < -0.39 is 9.84 Å². The Morgan fingerprint density at radius 1 is 1.09 bits per heavy atom. The summed E-state index contributed by atoms with van der Waals surface area (Å²) in [7, 11) is -3.45. The van der Waals surface area contributed by atoms with Crippen molar-refractivity contribution < 1.29 is 13.2 Å². The molecule has 0 saturated carbocycles. The normalized spacial score (nSPS) is 11.3. The molecule has 122 valence electrons. The van der Waals surface area contributed by atoms with E-state index in [0.717, 1.165) is 15.6 Å². The molecule has 0 spiro atoms. The van der Waals surface area contributed by atoms with Crippen LogP contribution < -0.4 is 5.32 Å². The van der Waals surface area contributed by atoms with Crippen LogP contribution in [0.2, 0.25) is 0 Å². The molecule has 0 heterocycles. The summed E-state index contributed by atoms with van der Waals surface area (Å²) >= 11 is 3.40. The minimum atomic E-state index is -3.45. The Kier molecular flexibility index (Phi) is 5.59. The van der Waals surface area contributed by atoms with Gasteiger partial charge >= 0.3 is 0 Å². The van der Waals surface area contributed by atoms with Crippen LogP contribution in [0.5, 0.6) is 0 Å². The van der Waals surface area contributed by atoms with Crippen molar-refractivity contribution in [2.45, 2.75) is 25.2 Å². The van der Waals surface area contributed by atoms with Gasteiger partial charge in [-0.3, -0.25) is 4.79 Å². The van der Waals surface area contributed by atoms with Crippen LogP contribution in [0.4, 0.5) is 5.69 Å². The lowest BCUT2D eigenvalue weighted by Gasteiger charge is -2.08. The molecule has 0 radical (unpaired) electrons. The molecule has 1 amide bonds. The monoisotopic (exact) mass is 395 g/mol. The Morgan fingerprint density at radius 2 is 1.74 bits per heavy atom. The van der Waals surface area contributed by atoms with Gasteiger partial charge in [-0.05, 0) is 43.7 Å². The summed E-state index contributed by atoms with van der Waals surface area (Å²) in [6.45, 7) is 3.84. The fraction of sp³-hybridized carbons (Fsp3) is 0.235. The zero-order valence-corrected chi connectivity index (χ0v) is 15.4. The van der Waals surface area contributed by atoms with E-state index in [2.05, 4.69) is 21.2 Å². The number of hydrogen-bond acceptors (Lipinski definition) is 3. The van der Waals surface area contributed by atoms with E-state index in [9.17, 15) is 13.2 Å². The van der Waals surface area contributed by atoms with Gasteiger partial charge in [0.05, 0.1) is 10.6 Å². The molecule has 1 N–H and O–H groups in total. The van der Waals surface area contributed by atoms with E-state index in [0.29, 0.717) is 5.69 Å². The molecular weight excluding hydrogens is 378 g/mol. The van der Waals surface area contributed by atoms with Crippen molar-refractivity contribution >= 4 is 37.4 Å². The maximum atomic E-state index is 12.2. The van der Waals surface area contributed by atoms with Gasteiger partial charge < -0.3 is 5.32 Å². The summed E-state index contributed by atoms with van der Waals surface area (Å²) in [5.74, 6) is -0.536. The fourth-order valence-electron chi connectivity index (χ4n) is 1.98. The number of halogens is 1. The first-order chi connectivity index (χ1) is 10.8. The van der Waals surface area contributed by atoms with E-state index >= 15 is 0 Å². The third kappa shape index (κ3) is 4.91. The molecule has 2 aromatic rings. The highest BCUT2D eigenvalue weighted by Gasteiger charge is 2.16. The van der Waals surface area contributed by atoms with Crippen LogP contribution >= 0.6 is 15.9 Å². The lowest BCUT2D eigenvalue weighted by atomic mass is 10.2. The molecule has 23 heavy (non-hydrogen) atoms. The first-order valence-electron chi connectivity index (χ1n) is 7.13. The Labute approximate surface area is 145 Å². The number of rotatable bonds is 5. The van der Waals surface area contributed by atoms with E-state index in [1.165, 1.54) is 0 Å². The first kappa shape index (κ1) is 17.7. The number of hydrogen-bond donors (Lipinski definition) is 1. The maximum absolute atomic E-state index is 12.2. The van der Waals surface area contributed by atoms with Crippen molar-refractivity contribution in [3.63, 3.8) is 0 Å². The summed E-state index contributed by atoms with van der Waals surface area (Å²) < 4.78 is 25.3. The molecule has 2 aromatic carbocycles. The zero-order valence-electron chi connectivity index (χ0n) is 13.0. The van der Waals surface area contributed by atoms with Crippen molar-refractivity contribution in [3.05, 3.63) is 58.1 Å². The molecule has 0 fully saturated rings. The average Bonchev–Trinajstić information content (AvgIpc) is 2.50. The second-order valence-corrected chi connectivity index (χ2v) is 8.36. The SMILES string of the molecule is Cc1ccc(S(=O)(=O)CCC(=O)Nc2ccc(C)c(Br)c2)cc1. The minimum Gasteiger partial charge on any atom is -0.326 e. The third-order valence-corrected chi connectivity index (χ3v) is 6.02. The molecule has 0 aliphatic carbocycles. The predicted octanol–water partition coefficient (Wildman–Crippen LogP) is 3.87. The number of aryl methyl sites for hydroxylation is 2. The molecule has 0 saturated heterocycles. The number of sulfone groups is 1. The van der Waals surface area contributed by atoms with Crippen LogP contribution in [0.15, 0.2) is 51.8 Å². The van der Waals surface area contributed by atoms with Crippen LogP contribution in [-0.2, 0) is 14.6 Å². The molecule has 0 bridgehead atoms. The fourth-order valence-corrected chi connectivity index (χ4v) is 3.60. The quantitative estimate of drug-likeness (QED) is 0.835. The van der Waals surface area contributed by atoms with Gasteiger partial charge in [-0.2, -0.15) is 0 Å². The summed E-state index contributed by atoms with van der Waals surface area (Å²) in [5.41, 5.74) is 2.69. The van der Waals surface area contributed by atoms with Crippen LogP contribution in [0.1, 0.15) is 17.5 Å². The van der Waals surface area contributed by atoms with Crippen LogP contribution in [0.3, 0.4) is 0 Å². The first-order valence-corrected chi connectivity index (χ1v) is 9.58. The predicted molar refractivity (Wildman–Crippen MR) is 95.4 cm³/mol. The Hall–Kier alpha value is -1.66. The minimum absolute atomic E-state index is 0.0816. The summed E-state index contributed by atoms with van der Waals surface area (Å²) in [6.07, 6.45) is -0.0816. The van der Waals surface area contributed by atoms with Gasteiger partial charge in [0, 0.05) is 16.6 Å². The third-order valence-electron chi connectivity index (χ3n) is 3.43. The van der Waals surface area contributed by atoms with Gasteiger partial charge in [0.2, 0.25) is 5.91 Å². The van der Waals surface area contributed by atoms with Gasteiger partial charge in [-0.1, -0.05) is 39.7 Å². The highest BCUT2D eigenvalue weighted by atomic mass is 79.9.